The summed E-state index contributed by atoms with van der Waals surface area (Å²) in [5.74, 6) is 0.968. The highest BCUT2D eigenvalue weighted by Gasteiger charge is 2.22. The summed E-state index contributed by atoms with van der Waals surface area (Å²) in [6.45, 7) is 10.3. The highest BCUT2D eigenvalue weighted by molar-refractivity contribution is 5.37. The van der Waals surface area contributed by atoms with Gasteiger partial charge in [0.15, 0.2) is 0 Å². The molecule has 0 aliphatic heterocycles. The van der Waals surface area contributed by atoms with Crippen molar-refractivity contribution in [1.82, 2.24) is 5.32 Å². The molecule has 2 unspecified atom stereocenters. The third kappa shape index (κ3) is 5.68. The molecular weight excluding hydrogens is 262 g/mol. The largest absolute Gasteiger partial charge is 0.496 e. The van der Waals surface area contributed by atoms with Crippen LogP contribution in [0.25, 0.3) is 0 Å². The summed E-state index contributed by atoms with van der Waals surface area (Å²) >= 11 is 0. The normalized spacial score (nSPS) is 14.0. The Morgan fingerprint density at radius 3 is 2.52 bits per heavy atom. The van der Waals surface area contributed by atoms with E-state index in [0.717, 1.165) is 38.2 Å². The molecule has 0 aliphatic rings. The minimum Gasteiger partial charge on any atom is -0.496 e. The van der Waals surface area contributed by atoms with E-state index < -0.39 is 0 Å². The van der Waals surface area contributed by atoms with Crippen LogP contribution in [0.1, 0.15) is 44.7 Å². The lowest BCUT2D eigenvalue weighted by Gasteiger charge is -2.28. The summed E-state index contributed by atoms with van der Waals surface area (Å²) in [6.07, 6.45) is 3.41. The van der Waals surface area contributed by atoms with E-state index >= 15 is 0 Å². The van der Waals surface area contributed by atoms with Crippen LogP contribution in [-0.2, 0) is 11.2 Å². The topological polar surface area (TPSA) is 30.5 Å². The minimum absolute atomic E-state index is 0.255. The molecule has 1 aromatic rings. The number of benzene rings is 1. The fourth-order valence-corrected chi connectivity index (χ4v) is 2.80. The van der Waals surface area contributed by atoms with Gasteiger partial charge >= 0.3 is 0 Å². The molecule has 1 aromatic carbocycles. The zero-order chi connectivity index (χ0) is 15.7. The first-order valence-electron chi connectivity index (χ1n) is 8.14. The van der Waals surface area contributed by atoms with Crippen LogP contribution in [0.15, 0.2) is 18.2 Å². The van der Waals surface area contributed by atoms with Gasteiger partial charge in [-0.25, -0.2) is 0 Å². The minimum atomic E-state index is 0.255. The van der Waals surface area contributed by atoms with Crippen LogP contribution in [0.4, 0.5) is 0 Å². The van der Waals surface area contributed by atoms with E-state index in [1.54, 1.807) is 7.11 Å². The number of hydrogen-bond donors (Lipinski definition) is 1. The summed E-state index contributed by atoms with van der Waals surface area (Å²) in [5, 5.41) is 3.59. The first kappa shape index (κ1) is 18.0. The number of rotatable bonds is 10. The zero-order valence-corrected chi connectivity index (χ0v) is 14.2. The standard InChI is InChI=1S/C18H31NO2/c1-6-9-18(21-8-3)16(19-7-2)13-15-12-14(4)10-11-17(15)20-5/h10-12,16,18-19H,6-9,13H2,1-5H3. The molecule has 0 amide bonds. The van der Waals surface area contributed by atoms with Crippen molar-refractivity contribution in [2.75, 3.05) is 20.3 Å². The summed E-state index contributed by atoms with van der Waals surface area (Å²) in [5.41, 5.74) is 2.52. The van der Waals surface area contributed by atoms with Crippen LogP contribution in [0.2, 0.25) is 0 Å². The number of ether oxygens (including phenoxy) is 2. The fraction of sp³-hybridized carbons (Fsp3) is 0.667. The maximum atomic E-state index is 5.97. The fourth-order valence-electron chi connectivity index (χ4n) is 2.80. The Kier molecular flexibility index (Phi) is 8.40. The van der Waals surface area contributed by atoms with Crippen molar-refractivity contribution in [3.05, 3.63) is 29.3 Å². The molecule has 1 rings (SSSR count). The molecule has 0 aliphatic carbocycles. The van der Waals surface area contributed by atoms with E-state index in [4.69, 9.17) is 9.47 Å². The van der Waals surface area contributed by atoms with Gasteiger partial charge < -0.3 is 14.8 Å². The second-order valence-electron chi connectivity index (χ2n) is 5.47. The predicted molar refractivity (Wildman–Crippen MR) is 89.2 cm³/mol. The van der Waals surface area contributed by atoms with Crippen molar-refractivity contribution in [2.45, 2.75) is 59.1 Å². The van der Waals surface area contributed by atoms with Crippen LogP contribution >= 0.6 is 0 Å². The number of methoxy groups -OCH3 is 1. The SMILES string of the molecule is CCCC(OCC)C(Cc1cc(C)ccc1OC)NCC. The zero-order valence-electron chi connectivity index (χ0n) is 14.2. The number of likely N-dealkylation sites (N-methyl/N-ethyl adjacent to an activating group) is 1. The first-order chi connectivity index (χ1) is 10.2. The summed E-state index contributed by atoms with van der Waals surface area (Å²) in [4.78, 5) is 0. The molecule has 0 radical (unpaired) electrons. The van der Waals surface area contributed by atoms with Crippen molar-refractivity contribution >= 4 is 0 Å². The van der Waals surface area contributed by atoms with Gasteiger partial charge in [0.1, 0.15) is 5.75 Å². The molecule has 2 atom stereocenters. The lowest BCUT2D eigenvalue weighted by molar-refractivity contribution is 0.0284. The number of aryl methyl sites for hydroxylation is 1. The highest BCUT2D eigenvalue weighted by atomic mass is 16.5. The van der Waals surface area contributed by atoms with Crippen molar-refractivity contribution < 1.29 is 9.47 Å². The Labute approximate surface area is 130 Å². The Bertz CT molecular complexity index is 400. The summed E-state index contributed by atoms with van der Waals surface area (Å²) in [7, 11) is 1.74. The lowest BCUT2D eigenvalue weighted by atomic mass is 9.96. The molecule has 3 nitrogen and oxygen atoms in total. The molecule has 0 aromatic heterocycles. The monoisotopic (exact) mass is 293 g/mol. The van der Waals surface area contributed by atoms with Crippen LogP contribution in [0, 0.1) is 6.92 Å². The van der Waals surface area contributed by atoms with E-state index in [-0.39, 0.29) is 6.10 Å². The molecule has 0 saturated heterocycles. The molecule has 120 valence electrons. The molecule has 0 fully saturated rings. The van der Waals surface area contributed by atoms with Crippen LogP contribution < -0.4 is 10.1 Å². The van der Waals surface area contributed by atoms with Gasteiger partial charge in [0, 0.05) is 12.6 Å². The van der Waals surface area contributed by atoms with Crippen molar-refractivity contribution in [2.24, 2.45) is 0 Å². The van der Waals surface area contributed by atoms with E-state index in [1.807, 2.05) is 0 Å². The summed E-state index contributed by atoms with van der Waals surface area (Å²) in [6, 6.07) is 6.70. The van der Waals surface area contributed by atoms with Crippen LogP contribution in [-0.4, -0.2) is 32.4 Å². The van der Waals surface area contributed by atoms with Crippen LogP contribution in [0.3, 0.4) is 0 Å². The summed E-state index contributed by atoms with van der Waals surface area (Å²) < 4.78 is 11.5. The van der Waals surface area contributed by atoms with Gasteiger partial charge in [0.05, 0.1) is 13.2 Å². The number of nitrogens with one attached hydrogen (secondary N) is 1. The van der Waals surface area contributed by atoms with Crippen molar-refractivity contribution in [1.29, 1.82) is 0 Å². The van der Waals surface area contributed by atoms with E-state index in [2.05, 4.69) is 51.2 Å². The molecule has 0 bridgehead atoms. The Balaban J connectivity index is 2.92. The average molecular weight is 293 g/mol. The van der Waals surface area contributed by atoms with Gasteiger partial charge in [0.25, 0.3) is 0 Å². The van der Waals surface area contributed by atoms with Gasteiger partial charge in [-0.15, -0.1) is 0 Å². The van der Waals surface area contributed by atoms with Gasteiger partial charge in [-0.2, -0.15) is 0 Å². The second kappa shape index (κ2) is 9.80. The molecule has 0 spiro atoms. The Hall–Kier alpha value is -1.06. The first-order valence-corrected chi connectivity index (χ1v) is 8.14. The number of hydrogen-bond acceptors (Lipinski definition) is 3. The average Bonchev–Trinajstić information content (AvgIpc) is 2.47. The maximum absolute atomic E-state index is 5.97. The lowest BCUT2D eigenvalue weighted by Crippen LogP contribution is -2.43. The molecular formula is C18H31NO2. The molecule has 0 saturated carbocycles. The van der Waals surface area contributed by atoms with Crippen molar-refractivity contribution in [3.8, 4) is 5.75 Å². The molecule has 21 heavy (non-hydrogen) atoms. The third-order valence-electron chi connectivity index (χ3n) is 3.74. The third-order valence-corrected chi connectivity index (χ3v) is 3.74. The van der Waals surface area contributed by atoms with Gasteiger partial charge in [-0.05, 0) is 44.9 Å². The van der Waals surface area contributed by atoms with Crippen molar-refractivity contribution in [3.63, 3.8) is 0 Å². The molecule has 1 N–H and O–H groups in total. The maximum Gasteiger partial charge on any atom is 0.122 e. The Morgan fingerprint density at radius 1 is 1.19 bits per heavy atom. The quantitative estimate of drug-likeness (QED) is 0.713. The van der Waals surface area contributed by atoms with Gasteiger partial charge in [-0.1, -0.05) is 38.0 Å². The second-order valence-corrected chi connectivity index (χ2v) is 5.47. The van der Waals surface area contributed by atoms with E-state index in [9.17, 15) is 0 Å². The van der Waals surface area contributed by atoms with Crippen LogP contribution in [0.5, 0.6) is 5.75 Å². The predicted octanol–water partition coefficient (Wildman–Crippen LogP) is 3.73. The smallest absolute Gasteiger partial charge is 0.122 e. The Morgan fingerprint density at radius 2 is 1.95 bits per heavy atom. The molecule has 0 heterocycles. The van der Waals surface area contributed by atoms with Gasteiger partial charge in [-0.3, -0.25) is 0 Å². The van der Waals surface area contributed by atoms with E-state index in [0.29, 0.717) is 6.04 Å². The van der Waals surface area contributed by atoms with E-state index in [1.165, 1.54) is 11.1 Å². The molecule has 3 heteroatoms. The van der Waals surface area contributed by atoms with Gasteiger partial charge in [0.2, 0.25) is 0 Å². The highest BCUT2D eigenvalue weighted by Crippen LogP contribution is 2.23.